The highest BCUT2D eigenvalue weighted by Crippen LogP contribution is 2.27. The molecule has 0 atom stereocenters. The number of ether oxygens (including phenoxy) is 2. The second-order valence-electron chi connectivity index (χ2n) is 6.26. The van der Waals surface area contributed by atoms with Crippen molar-refractivity contribution in [1.82, 2.24) is 9.55 Å². The van der Waals surface area contributed by atoms with Crippen LogP contribution in [-0.4, -0.2) is 28.6 Å². The summed E-state index contributed by atoms with van der Waals surface area (Å²) in [5, 5.41) is 0. The van der Waals surface area contributed by atoms with Gasteiger partial charge in [0.25, 0.3) is 0 Å². The van der Waals surface area contributed by atoms with E-state index in [9.17, 15) is 0 Å². The molecule has 1 aromatic heterocycles. The van der Waals surface area contributed by atoms with Crippen molar-refractivity contribution in [2.45, 2.75) is 51.4 Å². The van der Waals surface area contributed by atoms with Gasteiger partial charge < -0.3 is 14.0 Å². The van der Waals surface area contributed by atoms with Gasteiger partial charge in [-0.25, -0.2) is 4.98 Å². The molecule has 1 aliphatic rings. The van der Waals surface area contributed by atoms with Crippen LogP contribution in [0.2, 0.25) is 0 Å². The van der Waals surface area contributed by atoms with Crippen molar-refractivity contribution in [2.24, 2.45) is 0 Å². The molecule has 0 radical (unpaired) electrons. The summed E-state index contributed by atoms with van der Waals surface area (Å²) >= 11 is 0. The molecule has 1 aromatic carbocycles. The summed E-state index contributed by atoms with van der Waals surface area (Å²) in [5.74, 6) is -0.527. The molecule has 0 amide bonds. The third kappa shape index (κ3) is 4.43. The minimum Gasteiger partial charge on any atom is -0.348 e. The van der Waals surface area contributed by atoms with Gasteiger partial charge >= 0.3 is 0 Å². The van der Waals surface area contributed by atoms with Gasteiger partial charge in [-0.15, -0.1) is 0 Å². The van der Waals surface area contributed by atoms with Gasteiger partial charge in [-0.2, -0.15) is 0 Å². The van der Waals surface area contributed by atoms with Crippen molar-refractivity contribution < 1.29 is 9.47 Å². The Bertz CT molecular complexity index is 572. The third-order valence-corrected chi connectivity index (χ3v) is 4.36. The maximum atomic E-state index is 6.05. The predicted molar refractivity (Wildman–Crippen MR) is 90.2 cm³/mol. The van der Waals surface area contributed by atoms with E-state index in [1.807, 2.05) is 17.1 Å². The Kier molecular flexibility index (Phi) is 5.47. The number of benzene rings is 1. The quantitative estimate of drug-likeness (QED) is 0.783. The molecule has 0 N–H and O–H groups in total. The highest BCUT2D eigenvalue weighted by molar-refractivity contribution is 5.22. The van der Waals surface area contributed by atoms with E-state index in [0.29, 0.717) is 6.54 Å². The lowest BCUT2D eigenvalue weighted by molar-refractivity contribution is -0.276. The smallest absolute Gasteiger partial charge is 0.186 e. The lowest BCUT2D eigenvalue weighted by Gasteiger charge is -2.37. The SMILES string of the molecule is CCCc1ccc(CCC2(Cn3ccnc3)OCCCO2)cc1. The molecule has 23 heavy (non-hydrogen) atoms. The van der Waals surface area contributed by atoms with Gasteiger partial charge in [-0.1, -0.05) is 37.6 Å². The molecule has 0 unspecified atom stereocenters. The summed E-state index contributed by atoms with van der Waals surface area (Å²) in [6, 6.07) is 8.95. The average molecular weight is 314 g/mol. The Morgan fingerprint density at radius 1 is 1.09 bits per heavy atom. The summed E-state index contributed by atoms with van der Waals surface area (Å²) in [5.41, 5.74) is 2.75. The predicted octanol–water partition coefficient (Wildman–Crippen LogP) is 3.60. The van der Waals surface area contributed by atoms with Crippen LogP contribution < -0.4 is 0 Å². The van der Waals surface area contributed by atoms with Gasteiger partial charge in [0.2, 0.25) is 0 Å². The molecule has 1 saturated heterocycles. The largest absolute Gasteiger partial charge is 0.348 e. The first kappa shape index (κ1) is 16.2. The van der Waals surface area contributed by atoms with Crippen molar-refractivity contribution in [1.29, 1.82) is 0 Å². The Hall–Kier alpha value is -1.65. The maximum Gasteiger partial charge on any atom is 0.186 e. The molecule has 0 aliphatic carbocycles. The molecule has 0 bridgehead atoms. The van der Waals surface area contributed by atoms with Crippen LogP contribution in [0, 0.1) is 0 Å². The van der Waals surface area contributed by atoms with Crippen LogP contribution in [0.3, 0.4) is 0 Å². The molecule has 1 fully saturated rings. The van der Waals surface area contributed by atoms with Crippen molar-refractivity contribution in [3.05, 3.63) is 54.1 Å². The summed E-state index contributed by atoms with van der Waals surface area (Å²) in [6.07, 6.45) is 10.7. The van der Waals surface area contributed by atoms with Gasteiger partial charge in [0.1, 0.15) is 0 Å². The van der Waals surface area contributed by atoms with Crippen LogP contribution in [-0.2, 0) is 28.9 Å². The zero-order chi connectivity index (χ0) is 16.0. The second kappa shape index (κ2) is 7.75. The van der Waals surface area contributed by atoms with Gasteiger partial charge in [-0.3, -0.25) is 0 Å². The molecule has 2 aromatic rings. The molecule has 0 saturated carbocycles. The Morgan fingerprint density at radius 2 is 1.78 bits per heavy atom. The normalized spacial score (nSPS) is 17.3. The van der Waals surface area contributed by atoms with Gasteiger partial charge in [0.05, 0.1) is 26.1 Å². The Labute approximate surface area is 138 Å². The fraction of sp³-hybridized carbons (Fsp3) is 0.526. The van der Waals surface area contributed by atoms with Crippen LogP contribution in [0.15, 0.2) is 43.0 Å². The molecule has 124 valence electrons. The summed E-state index contributed by atoms with van der Waals surface area (Å²) in [6.45, 7) is 4.45. The van der Waals surface area contributed by atoms with Crippen LogP contribution >= 0.6 is 0 Å². The first-order valence-electron chi connectivity index (χ1n) is 8.61. The molecule has 3 rings (SSSR count). The molecular weight excluding hydrogens is 288 g/mol. The monoisotopic (exact) mass is 314 g/mol. The standard InChI is InChI=1S/C19H26N2O2/c1-2-4-17-5-7-18(8-6-17)9-10-19(22-13-3-14-23-19)15-21-12-11-20-16-21/h5-8,11-12,16H,2-4,9-10,13-15H2,1H3. The fourth-order valence-corrected chi connectivity index (χ4v) is 3.09. The molecular formula is C19H26N2O2. The van der Waals surface area contributed by atoms with Crippen LogP contribution in [0.4, 0.5) is 0 Å². The van der Waals surface area contributed by atoms with E-state index in [2.05, 4.69) is 36.2 Å². The van der Waals surface area contributed by atoms with Crippen molar-refractivity contribution >= 4 is 0 Å². The van der Waals surface area contributed by atoms with E-state index in [-0.39, 0.29) is 0 Å². The highest BCUT2D eigenvalue weighted by atomic mass is 16.7. The van der Waals surface area contributed by atoms with Gasteiger partial charge in [-0.05, 0) is 30.4 Å². The minimum absolute atomic E-state index is 0.527. The van der Waals surface area contributed by atoms with E-state index in [1.54, 1.807) is 6.20 Å². The Morgan fingerprint density at radius 3 is 2.39 bits per heavy atom. The number of aryl methyl sites for hydroxylation is 2. The fourth-order valence-electron chi connectivity index (χ4n) is 3.09. The van der Waals surface area contributed by atoms with Crippen LogP contribution in [0.25, 0.3) is 0 Å². The van der Waals surface area contributed by atoms with Crippen LogP contribution in [0.1, 0.15) is 37.3 Å². The van der Waals surface area contributed by atoms with Crippen molar-refractivity contribution in [3.63, 3.8) is 0 Å². The van der Waals surface area contributed by atoms with E-state index in [4.69, 9.17) is 9.47 Å². The summed E-state index contributed by atoms with van der Waals surface area (Å²) in [7, 11) is 0. The zero-order valence-electron chi connectivity index (χ0n) is 13.9. The number of imidazole rings is 1. The van der Waals surface area contributed by atoms with Gasteiger partial charge in [0, 0.05) is 18.8 Å². The minimum atomic E-state index is -0.527. The maximum absolute atomic E-state index is 6.05. The van der Waals surface area contributed by atoms with E-state index in [1.165, 1.54) is 17.5 Å². The van der Waals surface area contributed by atoms with E-state index < -0.39 is 5.79 Å². The van der Waals surface area contributed by atoms with Crippen LogP contribution in [0.5, 0.6) is 0 Å². The lowest BCUT2D eigenvalue weighted by atomic mass is 10.0. The Balaban J connectivity index is 1.64. The van der Waals surface area contributed by atoms with Gasteiger partial charge in [0.15, 0.2) is 5.79 Å². The highest BCUT2D eigenvalue weighted by Gasteiger charge is 2.34. The number of rotatable bonds is 7. The first-order valence-corrected chi connectivity index (χ1v) is 8.61. The molecule has 4 nitrogen and oxygen atoms in total. The second-order valence-corrected chi connectivity index (χ2v) is 6.26. The first-order chi connectivity index (χ1) is 11.3. The molecule has 0 spiro atoms. The number of hydrogen-bond acceptors (Lipinski definition) is 3. The average Bonchev–Trinajstić information content (AvgIpc) is 3.08. The molecule has 4 heteroatoms. The number of nitrogens with zero attached hydrogens (tertiary/aromatic N) is 2. The summed E-state index contributed by atoms with van der Waals surface area (Å²) in [4.78, 5) is 4.12. The van der Waals surface area contributed by atoms with E-state index >= 15 is 0 Å². The zero-order valence-corrected chi connectivity index (χ0v) is 13.9. The number of aromatic nitrogens is 2. The van der Waals surface area contributed by atoms with Crippen molar-refractivity contribution in [3.8, 4) is 0 Å². The molecule has 1 aliphatic heterocycles. The number of hydrogen-bond donors (Lipinski definition) is 0. The molecule has 2 heterocycles. The third-order valence-electron chi connectivity index (χ3n) is 4.36. The summed E-state index contributed by atoms with van der Waals surface area (Å²) < 4.78 is 14.1. The lowest BCUT2D eigenvalue weighted by Crippen LogP contribution is -2.44. The van der Waals surface area contributed by atoms with E-state index in [0.717, 1.165) is 38.9 Å². The van der Waals surface area contributed by atoms with Crippen molar-refractivity contribution in [2.75, 3.05) is 13.2 Å². The topological polar surface area (TPSA) is 36.3 Å².